The van der Waals surface area contributed by atoms with Gasteiger partial charge in [-0.15, -0.1) is 10.2 Å². The molecule has 0 spiro atoms. The van der Waals surface area contributed by atoms with E-state index >= 15 is 0 Å². The van der Waals surface area contributed by atoms with E-state index in [-0.39, 0.29) is 16.8 Å². The van der Waals surface area contributed by atoms with Gasteiger partial charge in [-0.2, -0.15) is 4.31 Å². The summed E-state index contributed by atoms with van der Waals surface area (Å²) in [5, 5.41) is 8.57. The number of nitrogens with zero attached hydrogens (tertiary/aromatic N) is 5. The van der Waals surface area contributed by atoms with Gasteiger partial charge in [0.1, 0.15) is 0 Å². The number of hydrogen-bond acceptors (Lipinski definition) is 5. The molecule has 1 fully saturated rings. The van der Waals surface area contributed by atoms with Gasteiger partial charge in [0.05, 0.1) is 10.9 Å². The average molecular weight is 442 g/mol. The number of aryl methyl sites for hydroxylation is 1. The maximum Gasteiger partial charge on any atom is 0.254 e. The Labute approximate surface area is 182 Å². The first-order valence-electron chi connectivity index (χ1n) is 10.6. The van der Waals surface area contributed by atoms with Gasteiger partial charge >= 0.3 is 0 Å². The number of benzene rings is 1. The molecule has 1 unspecified atom stereocenters. The Morgan fingerprint density at radius 1 is 1.16 bits per heavy atom. The van der Waals surface area contributed by atoms with Crippen molar-refractivity contribution >= 4 is 21.6 Å². The van der Waals surface area contributed by atoms with Crippen molar-refractivity contribution in [1.29, 1.82) is 0 Å². The van der Waals surface area contributed by atoms with Crippen molar-refractivity contribution in [3.05, 3.63) is 59.5 Å². The standard InChI is InChI=1S/C22H27N5O3S/c1-4-25(5-2)31(29,30)17-12-11-16(3)18(15-17)22(28)26-14-8-9-19(26)21-24-23-20-10-6-7-13-27(20)21/h6-7,10-13,15,19H,4-5,8-9,14H2,1-3H3. The van der Waals surface area contributed by atoms with Crippen LogP contribution in [0.25, 0.3) is 5.65 Å². The van der Waals surface area contributed by atoms with Gasteiger partial charge in [0.15, 0.2) is 11.5 Å². The zero-order valence-electron chi connectivity index (χ0n) is 18.0. The van der Waals surface area contributed by atoms with E-state index in [2.05, 4.69) is 10.2 Å². The summed E-state index contributed by atoms with van der Waals surface area (Å²) in [5.74, 6) is 0.551. The van der Waals surface area contributed by atoms with E-state index in [1.807, 2.05) is 35.7 Å². The molecule has 9 heteroatoms. The second-order valence-electron chi connectivity index (χ2n) is 7.71. The summed E-state index contributed by atoms with van der Waals surface area (Å²) in [6.45, 7) is 6.79. The molecule has 3 aromatic rings. The summed E-state index contributed by atoms with van der Waals surface area (Å²) in [4.78, 5) is 15.5. The molecule has 0 aliphatic carbocycles. The lowest BCUT2D eigenvalue weighted by atomic mass is 10.1. The Kier molecular flexibility index (Phi) is 5.81. The Balaban J connectivity index is 1.70. The zero-order chi connectivity index (χ0) is 22.2. The van der Waals surface area contributed by atoms with E-state index in [4.69, 9.17) is 0 Å². The summed E-state index contributed by atoms with van der Waals surface area (Å²) in [6.07, 6.45) is 3.54. The van der Waals surface area contributed by atoms with Gasteiger partial charge in [-0.1, -0.05) is 26.0 Å². The van der Waals surface area contributed by atoms with Crippen LogP contribution in [0.3, 0.4) is 0 Å². The molecular weight excluding hydrogens is 414 g/mol. The van der Waals surface area contributed by atoms with Crippen molar-refractivity contribution in [3.8, 4) is 0 Å². The van der Waals surface area contributed by atoms with E-state index in [1.165, 1.54) is 10.4 Å². The number of hydrogen-bond donors (Lipinski definition) is 0. The van der Waals surface area contributed by atoms with Crippen LogP contribution in [0, 0.1) is 6.92 Å². The average Bonchev–Trinajstić information content (AvgIpc) is 3.41. The third-order valence-corrected chi connectivity index (χ3v) is 7.98. The molecule has 3 heterocycles. The van der Waals surface area contributed by atoms with Crippen molar-refractivity contribution in [1.82, 2.24) is 23.8 Å². The molecular formula is C22H27N5O3S. The Morgan fingerprint density at radius 3 is 2.68 bits per heavy atom. The number of carbonyl (C=O) groups is 1. The molecule has 1 aromatic carbocycles. The highest BCUT2D eigenvalue weighted by Gasteiger charge is 2.35. The van der Waals surface area contributed by atoms with E-state index in [9.17, 15) is 13.2 Å². The number of fused-ring (bicyclic) bond motifs is 1. The van der Waals surface area contributed by atoms with Crippen molar-refractivity contribution in [2.24, 2.45) is 0 Å². The maximum atomic E-state index is 13.6. The number of aromatic nitrogens is 3. The third kappa shape index (κ3) is 3.72. The lowest BCUT2D eigenvalue weighted by Crippen LogP contribution is -2.33. The molecule has 1 aliphatic rings. The normalized spacial score (nSPS) is 17.0. The predicted octanol–water partition coefficient (Wildman–Crippen LogP) is 3.05. The molecule has 1 amide bonds. The van der Waals surface area contributed by atoms with Crippen LogP contribution >= 0.6 is 0 Å². The van der Waals surface area contributed by atoms with Gasteiger partial charge in [-0.25, -0.2) is 8.42 Å². The monoisotopic (exact) mass is 441 g/mol. The van der Waals surface area contributed by atoms with Gasteiger partial charge in [-0.3, -0.25) is 9.20 Å². The van der Waals surface area contributed by atoms with Crippen molar-refractivity contribution in [3.63, 3.8) is 0 Å². The number of likely N-dealkylation sites (tertiary alicyclic amines) is 1. The van der Waals surface area contributed by atoms with Crippen LogP contribution < -0.4 is 0 Å². The maximum absolute atomic E-state index is 13.6. The van der Waals surface area contributed by atoms with Gasteiger partial charge in [0.25, 0.3) is 5.91 Å². The number of rotatable bonds is 6. The zero-order valence-corrected chi connectivity index (χ0v) is 18.8. The fourth-order valence-electron chi connectivity index (χ4n) is 4.22. The SMILES string of the molecule is CCN(CC)S(=O)(=O)c1ccc(C)c(C(=O)N2CCCC2c2nnc3ccccn23)c1. The smallest absolute Gasteiger partial charge is 0.254 e. The third-order valence-electron chi connectivity index (χ3n) is 5.93. The van der Waals surface area contributed by atoms with Gasteiger partial charge < -0.3 is 4.90 Å². The first-order chi connectivity index (χ1) is 14.9. The van der Waals surface area contributed by atoms with E-state index < -0.39 is 10.0 Å². The molecule has 8 nitrogen and oxygen atoms in total. The molecule has 0 saturated carbocycles. The van der Waals surface area contributed by atoms with Gasteiger partial charge in [-0.05, 0) is 49.6 Å². The Bertz CT molecular complexity index is 1220. The first-order valence-corrected chi connectivity index (χ1v) is 12.0. The minimum atomic E-state index is -3.65. The fraction of sp³-hybridized carbons (Fsp3) is 0.409. The molecule has 1 saturated heterocycles. The Morgan fingerprint density at radius 2 is 1.94 bits per heavy atom. The lowest BCUT2D eigenvalue weighted by Gasteiger charge is -2.25. The highest BCUT2D eigenvalue weighted by atomic mass is 32.2. The lowest BCUT2D eigenvalue weighted by molar-refractivity contribution is 0.0728. The van der Waals surface area contributed by atoms with Crippen LogP contribution in [0.5, 0.6) is 0 Å². The minimum absolute atomic E-state index is 0.147. The molecule has 0 N–H and O–H groups in total. The van der Waals surface area contributed by atoms with Crippen molar-refractivity contribution in [2.45, 2.75) is 44.6 Å². The molecule has 1 atom stereocenters. The highest BCUT2D eigenvalue weighted by molar-refractivity contribution is 7.89. The fourth-order valence-corrected chi connectivity index (χ4v) is 5.71. The second kappa shape index (κ2) is 8.39. The first kappa shape index (κ1) is 21.5. The predicted molar refractivity (Wildman–Crippen MR) is 117 cm³/mol. The van der Waals surface area contributed by atoms with Gasteiger partial charge in [0, 0.05) is 31.4 Å². The van der Waals surface area contributed by atoms with E-state index in [0.717, 1.165) is 29.9 Å². The second-order valence-corrected chi connectivity index (χ2v) is 9.65. The molecule has 0 bridgehead atoms. The molecule has 31 heavy (non-hydrogen) atoms. The molecule has 0 radical (unpaired) electrons. The van der Waals surface area contributed by atoms with Crippen molar-refractivity contribution in [2.75, 3.05) is 19.6 Å². The van der Waals surface area contributed by atoms with Crippen LogP contribution in [-0.4, -0.2) is 57.8 Å². The number of sulfonamides is 1. The van der Waals surface area contributed by atoms with Gasteiger partial charge in [0.2, 0.25) is 10.0 Å². The Hall–Kier alpha value is -2.78. The quantitative estimate of drug-likeness (QED) is 0.587. The largest absolute Gasteiger partial charge is 0.328 e. The van der Waals surface area contributed by atoms with Crippen LogP contribution in [0.4, 0.5) is 0 Å². The molecule has 164 valence electrons. The molecule has 1 aliphatic heterocycles. The summed E-state index contributed by atoms with van der Waals surface area (Å²) in [5.41, 5.74) is 1.90. The van der Waals surface area contributed by atoms with Crippen molar-refractivity contribution < 1.29 is 13.2 Å². The summed E-state index contributed by atoms with van der Waals surface area (Å²) < 4.78 is 29.3. The summed E-state index contributed by atoms with van der Waals surface area (Å²) in [7, 11) is -3.65. The van der Waals surface area contributed by atoms with Crippen LogP contribution in [0.2, 0.25) is 0 Å². The van der Waals surface area contributed by atoms with Crippen LogP contribution in [-0.2, 0) is 10.0 Å². The molecule has 2 aromatic heterocycles. The highest BCUT2D eigenvalue weighted by Crippen LogP contribution is 2.33. The topological polar surface area (TPSA) is 87.9 Å². The van der Waals surface area contributed by atoms with E-state index in [0.29, 0.717) is 25.2 Å². The summed E-state index contributed by atoms with van der Waals surface area (Å²) >= 11 is 0. The van der Waals surface area contributed by atoms with Crippen LogP contribution in [0.1, 0.15) is 54.5 Å². The summed E-state index contributed by atoms with van der Waals surface area (Å²) in [6, 6.07) is 10.3. The number of amides is 1. The minimum Gasteiger partial charge on any atom is -0.328 e. The molecule has 4 rings (SSSR count). The number of carbonyl (C=O) groups excluding carboxylic acids is 1. The number of pyridine rings is 1. The van der Waals surface area contributed by atoms with Crippen LogP contribution in [0.15, 0.2) is 47.5 Å². The van der Waals surface area contributed by atoms with E-state index in [1.54, 1.807) is 30.9 Å².